The van der Waals surface area contributed by atoms with Crippen LogP contribution >= 0.6 is 0 Å². The summed E-state index contributed by atoms with van der Waals surface area (Å²) in [5.74, 6) is 0. The van der Waals surface area contributed by atoms with Gasteiger partial charge in [-0.15, -0.1) is 0 Å². The quantitative estimate of drug-likeness (QED) is 0.494. The summed E-state index contributed by atoms with van der Waals surface area (Å²) in [7, 11) is 0. The molecule has 2 nitrogen and oxygen atoms in total. The van der Waals surface area contributed by atoms with E-state index in [4.69, 9.17) is 0 Å². The molecule has 0 amide bonds. The van der Waals surface area contributed by atoms with Gasteiger partial charge in [-0.05, 0) is 0 Å². The van der Waals surface area contributed by atoms with E-state index in [0.29, 0.717) is 0 Å². The Kier molecular flexibility index (Phi) is 256. The van der Waals surface area contributed by atoms with Crippen molar-refractivity contribution in [3.05, 3.63) is 12.3 Å². The first-order valence-corrected chi connectivity index (χ1v) is 0. The predicted molar refractivity (Wildman–Crippen MR) is 12.5 cm³/mol. The minimum absolute atomic E-state index is 0. The molecule has 16 valence electrons. The summed E-state index contributed by atoms with van der Waals surface area (Å²) in [6.45, 7) is 0. The van der Waals surface area contributed by atoms with E-state index in [2.05, 4.69) is 0 Å². The van der Waals surface area contributed by atoms with Gasteiger partial charge in [0.25, 0.3) is 0 Å². The van der Waals surface area contributed by atoms with Gasteiger partial charge >= 0.3 is 53.0 Å². The van der Waals surface area contributed by atoms with Gasteiger partial charge in [-0.1, -0.05) is 0 Å². The molecule has 4 heavy (non-hydrogen) atoms. The molecular formula is AlLaN2. The molecule has 0 unspecified atom stereocenters. The third-order valence-corrected chi connectivity index (χ3v) is 0. The molecule has 0 bridgehead atoms. The number of hydrogen-bond donors (Lipinski definition) is 0. The monoisotopic (exact) mass is 194 g/mol. The molecule has 0 heterocycles. The van der Waals surface area contributed by atoms with Gasteiger partial charge < -0.3 is 12.3 Å². The van der Waals surface area contributed by atoms with Gasteiger partial charge in [0.15, 0.2) is 0 Å². The largest absolute Gasteiger partial charge is 3.00 e. The Morgan fingerprint density at radius 2 is 0.750 bits per heavy atom. The van der Waals surface area contributed by atoms with E-state index in [1.54, 1.807) is 0 Å². The molecule has 0 aromatic carbocycles. The Morgan fingerprint density at radius 3 is 0.750 bits per heavy atom. The summed E-state index contributed by atoms with van der Waals surface area (Å²) in [5.41, 5.74) is 0. The van der Waals surface area contributed by atoms with Gasteiger partial charge in [0.2, 0.25) is 0 Å². The Bertz CT molecular complexity index is 6.00. The molecule has 0 aliphatic carbocycles. The van der Waals surface area contributed by atoms with Crippen molar-refractivity contribution in [2.24, 2.45) is 0 Å². The molecule has 0 spiro atoms. The first-order valence-electron chi connectivity index (χ1n) is 0. The molecule has 0 aliphatic rings. The maximum atomic E-state index is 0. The van der Waals surface area contributed by atoms with Gasteiger partial charge in [0.05, 0.1) is 0 Å². The summed E-state index contributed by atoms with van der Waals surface area (Å²) < 4.78 is 0. The number of nitrogens with zero attached hydrogens (tertiary/aromatic N) is 2. The van der Waals surface area contributed by atoms with Gasteiger partial charge in [-0.25, -0.2) is 0 Å². The van der Waals surface area contributed by atoms with Gasteiger partial charge in [-0.3, -0.25) is 0 Å². The fraction of sp³-hybridized carbons (Fsp3) is 0. The standard InChI is InChI=1S/Al.La.2N/q2*+3;2*-3. The third-order valence-electron chi connectivity index (χ3n) is 0. The zero-order chi connectivity index (χ0) is 0. The molecule has 0 atom stereocenters. The van der Waals surface area contributed by atoms with Crippen molar-refractivity contribution < 1.29 is 35.6 Å². The second-order valence-electron chi connectivity index (χ2n) is 0. The molecule has 0 saturated heterocycles. The van der Waals surface area contributed by atoms with Gasteiger partial charge in [0.1, 0.15) is 0 Å². The van der Waals surface area contributed by atoms with Gasteiger partial charge in [0, 0.05) is 0 Å². The Balaban J connectivity index is 0. The summed E-state index contributed by atoms with van der Waals surface area (Å²) in [6, 6.07) is 0. The minimum Gasteiger partial charge on any atom is -3.00 e. The zero-order valence-corrected chi connectivity index (χ0v) is 6.83. The maximum Gasteiger partial charge on any atom is 3.00 e. The summed E-state index contributed by atoms with van der Waals surface area (Å²) in [6.07, 6.45) is 0. The molecule has 0 rings (SSSR count). The summed E-state index contributed by atoms with van der Waals surface area (Å²) >= 11 is 0. The Morgan fingerprint density at radius 1 is 0.750 bits per heavy atom. The van der Waals surface area contributed by atoms with Gasteiger partial charge in [-0.2, -0.15) is 0 Å². The molecule has 0 radical (unpaired) electrons. The van der Waals surface area contributed by atoms with Crippen LogP contribution in [0.2, 0.25) is 0 Å². The van der Waals surface area contributed by atoms with Crippen LogP contribution in [0.3, 0.4) is 0 Å². The van der Waals surface area contributed by atoms with E-state index in [-0.39, 0.29) is 65.3 Å². The third kappa shape index (κ3) is 9.42. The first kappa shape index (κ1) is 44.9. The van der Waals surface area contributed by atoms with Crippen LogP contribution in [0.15, 0.2) is 0 Å². The molecule has 0 aliphatic heterocycles. The average Bonchev–Trinajstić information content (AvgIpc) is 0. The van der Waals surface area contributed by atoms with Crippen LogP contribution in [-0.4, -0.2) is 17.4 Å². The molecule has 0 aromatic rings. The number of rotatable bonds is 0. The second kappa shape index (κ2) is 22.8. The first-order chi connectivity index (χ1) is 0. The Labute approximate surface area is 64.6 Å². The fourth-order valence-corrected chi connectivity index (χ4v) is 0. The van der Waals surface area contributed by atoms with E-state index in [1.807, 2.05) is 0 Å². The van der Waals surface area contributed by atoms with Crippen LogP contribution < -0.4 is 0 Å². The molecule has 4 heteroatoms. The van der Waals surface area contributed by atoms with E-state index >= 15 is 0 Å². The molecule has 0 fully saturated rings. The molecular weight excluding hydrogens is 194 g/mol. The number of hydrogen-bond acceptors (Lipinski definition) is 0. The van der Waals surface area contributed by atoms with Crippen molar-refractivity contribution >= 4 is 17.4 Å². The van der Waals surface area contributed by atoms with Crippen LogP contribution in [-0.2, 0) is 0 Å². The van der Waals surface area contributed by atoms with Crippen molar-refractivity contribution in [3.8, 4) is 0 Å². The average molecular weight is 194 g/mol. The van der Waals surface area contributed by atoms with E-state index in [0.717, 1.165) is 0 Å². The molecule has 0 aromatic heterocycles. The molecule has 0 N–H and O–H groups in total. The van der Waals surface area contributed by atoms with Crippen molar-refractivity contribution in [1.82, 2.24) is 0 Å². The van der Waals surface area contributed by atoms with Crippen molar-refractivity contribution in [1.29, 1.82) is 0 Å². The summed E-state index contributed by atoms with van der Waals surface area (Å²) in [4.78, 5) is 0. The minimum atomic E-state index is 0. The van der Waals surface area contributed by atoms with Crippen molar-refractivity contribution in [2.45, 2.75) is 0 Å². The predicted octanol–water partition coefficient (Wildman–Crippen LogP) is 0.197. The maximum absolute atomic E-state index is 0. The second-order valence-corrected chi connectivity index (χ2v) is 0. The molecule has 0 saturated carbocycles. The normalized spacial score (nSPS) is 0. The van der Waals surface area contributed by atoms with E-state index < -0.39 is 0 Å². The van der Waals surface area contributed by atoms with E-state index in [1.165, 1.54) is 0 Å². The Hall–Kier alpha value is 1.65. The van der Waals surface area contributed by atoms with Crippen LogP contribution in [0.1, 0.15) is 0 Å². The summed E-state index contributed by atoms with van der Waals surface area (Å²) in [5, 5.41) is 0. The van der Waals surface area contributed by atoms with Crippen LogP contribution in [0.5, 0.6) is 0 Å². The fourth-order valence-electron chi connectivity index (χ4n) is 0. The topological polar surface area (TPSA) is 61.0 Å². The van der Waals surface area contributed by atoms with Crippen molar-refractivity contribution in [2.75, 3.05) is 0 Å². The van der Waals surface area contributed by atoms with Crippen LogP contribution in [0, 0.1) is 35.6 Å². The van der Waals surface area contributed by atoms with Crippen LogP contribution in [0.25, 0.3) is 12.3 Å². The zero-order valence-electron chi connectivity index (χ0n) is 2.05. The van der Waals surface area contributed by atoms with Crippen LogP contribution in [0.4, 0.5) is 0 Å². The van der Waals surface area contributed by atoms with E-state index in [9.17, 15) is 0 Å². The smallest absolute Gasteiger partial charge is 3.00 e. The SMILES string of the molecule is [Al+3].[La+3].[N-3].[N-3]. The van der Waals surface area contributed by atoms with Crippen molar-refractivity contribution in [3.63, 3.8) is 0 Å².